The lowest BCUT2D eigenvalue weighted by molar-refractivity contribution is -0.117. The van der Waals surface area contributed by atoms with Crippen molar-refractivity contribution in [3.63, 3.8) is 0 Å². The topological polar surface area (TPSA) is 67.9 Å². The molecule has 1 N–H and O–H groups in total. The summed E-state index contributed by atoms with van der Waals surface area (Å²) in [7, 11) is 0. The van der Waals surface area contributed by atoms with Crippen molar-refractivity contribution in [2.75, 3.05) is 18.5 Å². The van der Waals surface area contributed by atoms with E-state index in [2.05, 4.69) is 15.0 Å². The summed E-state index contributed by atoms with van der Waals surface area (Å²) in [6, 6.07) is 11.9. The minimum atomic E-state index is -2.93. The normalized spacial score (nSPS) is 13.4. The quantitative estimate of drug-likeness (QED) is 0.530. The Hall–Kier alpha value is -3.00. The Morgan fingerprint density at radius 3 is 2.42 bits per heavy atom. The Morgan fingerprint density at radius 2 is 1.84 bits per heavy atom. The van der Waals surface area contributed by atoms with Crippen molar-refractivity contribution < 1.29 is 27.8 Å². The van der Waals surface area contributed by atoms with Crippen LogP contribution in [0.4, 0.5) is 14.5 Å². The highest BCUT2D eigenvalue weighted by Gasteiger charge is 2.30. The summed E-state index contributed by atoms with van der Waals surface area (Å²) in [5.41, 5.74) is 2.05. The fourth-order valence-corrected chi connectivity index (χ4v) is 3.27. The summed E-state index contributed by atoms with van der Waals surface area (Å²) in [5, 5.41) is 2.85. The second kappa shape index (κ2) is 10.3. The molecule has 0 atom stereocenters. The number of halogens is 2. The first kappa shape index (κ1) is 22.7. The van der Waals surface area contributed by atoms with E-state index >= 15 is 0 Å². The molecule has 166 valence electrons. The van der Waals surface area contributed by atoms with E-state index < -0.39 is 6.61 Å². The third-order valence-corrected chi connectivity index (χ3v) is 4.89. The molecule has 0 aliphatic heterocycles. The molecule has 1 saturated carbocycles. The van der Waals surface area contributed by atoms with Gasteiger partial charge in [-0.15, -0.1) is 0 Å². The molecular weight excluding hydrogens is 406 g/mol. The average Bonchev–Trinajstić information content (AvgIpc) is 3.55. The second-order valence-corrected chi connectivity index (χ2v) is 7.41. The first-order valence-corrected chi connectivity index (χ1v) is 10.2. The third-order valence-electron chi connectivity index (χ3n) is 4.89. The highest BCUT2D eigenvalue weighted by molar-refractivity contribution is 5.96. The highest BCUT2D eigenvalue weighted by atomic mass is 19.3. The molecule has 0 bridgehead atoms. The van der Waals surface area contributed by atoms with Gasteiger partial charge < -0.3 is 14.8 Å². The molecular formula is C23H26F2N2O4. The van der Waals surface area contributed by atoms with E-state index in [4.69, 9.17) is 4.74 Å². The van der Waals surface area contributed by atoms with E-state index in [1.165, 1.54) is 13.0 Å². The Labute approximate surface area is 180 Å². The average molecular weight is 432 g/mol. The Balaban J connectivity index is 1.65. The minimum Gasteiger partial charge on any atom is -0.490 e. The summed E-state index contributed by atoms with van der Waals surface area (Å²) in [6.07, 6.45) is 2.01. The van der Waals surface area contributed by atoms with E-state index in [1.54, 1.807) is 43.3 Å². The van der Waals surface area contributed by atoms with Crippen molar-refractivity contribution in [1.29, 1.82) is 0 Å². The van der Waals surface area contributed by atoms with Crippen LogP contribution in [0.25, 0.3) is 0 Å². The molecule has 1 fully saturated rings. The maximum absolute atomic E-state index is 12.6. The second-order valence-electron chi connectivity index (χ2n) is 7.41. The number of carbonyl (C=O) groups excluding carboxylic acids is 2. The molecule has 0 saturated heterocycles. The van der Waals surface area contributed by atoms with Gasteiger partial charge in [0.15, 0.2) is 17.3 Å². The molecule has 0 spiro atoms. The number of ether oxygens (including phenoxy) is 2. The van der Waals surface area contributed by atoms with Gasteiger partial charge in [0.25, 0.3) is 0 Å². The number of nitrogens with one attached hydrogen (secondary N) is 1. The van der Waals surface area contributed by atoms with Crippen LogP contribution in [0.3, 0.4) is 0 Å². The van der Waals surface area contributed by atoms with Gasteiger partial charge in [-0.1, -0.05) is 6.07 Å². The zero-order valence-electron chi connectivity index (χ0n) is 17.6. The van der Waals surface area contributed by atoms with Crippen LogP contribution in [-0.2, 0) is 11.3 Å². The van der Waals surface area contributed by atoms with Gasteiger partial charge in [-0.2, -0.15) is 8.78 Å². The Kier molecular flexibility index (Phi) is 7.57. The predicted octanol–water partition coefficient (Wildman–Crippen LogP) is 4.49. The largest absolute Gasteiger partial charge is 0.490 e. The fourth-order valence-electron chi connectivity index (χ4n) is 3.27. The van der Waals surface area contributed by atoms with Crippen molar-refractivity contribution in [1.82, 2.24) is 4.90 Å². The standard InChI is InChI=1S/C23H26F2N2O4/c1-3-30-21-12-16(4-11-20(21)31-23(24)25)13-27(19-9-10-19)14-22(29)26-18-7-5-17(6-8-18)15(2)28/h4-8,11-12,19,23H,3,9-10,13-14H2,1-2H3,(H,26,29). The number of ketones is 1. The fraction of sp³-hybridized carbons (Fsp3) is 0.391. The maximum atomic E-state index is 12.6. The van der Waals surface area contributed by atoms with Crippen LogP contribution in [0.15, 0.2) is 42.5 Å². The van der Waals surface area contributed by atoms with Gasteiger partial charge in [-0.25, -0.2) is 0 Å². The molecule has 0 heterocycles. The molecule has 1 aliphatic carbocycles. The number of alkyl halides is 2. The zero-order chi connectivity index (χ0) is 22.4. The number of anilines is 1. The minimum absolute atomic E-state index is 0.00896. The van der Waals surface area contributed by atoms with Crippen LogP contribution >= 0.6 is 0 Å². The first-order chi connectivity index (χ1) is 14.9. The number of nitrogens with zero attached hydrogens (tertiary/aromatic N) is 1. The van der Waals surface area contributed by atoms with E-state index in [0.29, 0.717) is 30.4 Å². The number of Topliss-reactive ketones (excluding diaryl/α,β-unsaturated/α-hetero) is 1. The lowest BCUT2D eigenvalue weighted by Gasteiger charge is -2.22. The highest BCUT2D eigenvalue weighted by Crippen LogP contribution is 2.32. The number of hydrogen-bond donors (Lipinski definition) is 1. The maximum Gasteiger partial charge on any atom is 0.387 e. The third kappa shape index (κ3) is 6.75. The predicted molar refractivity (Wildman–Crippen MR) is 113 cm³/mol. The molecule has 1 aliphatic rings. The summed E-state index contributed by atoms with van der Waals surface area (Å²) in [4.78, 5) is 26.0. The van der Waals surface area contributed by atoms with Crippen LogP contribution in [0.1, 0.15) is 42.6 Å². The van der Waals surface area contributed by atoms with Gasteiger partial charge in [-0.3, -0.25) is 14.5 Å². The summed E-state index contributed by atoms with van der Waals surface area (Å²) >= 11 is 0. The first-order valence-electron chi connectivity index (χ1n) is 10.2. The lowest BCUT2D eigenvalue weighted by Crippen LogP contribution is -2.34. The van der Waals surface area contributed by atoms with E-state index in [1.807, 2.05) is 0 Å². The van der Waals surface area contributed by atoms with Gasteiger partial charge in [0.05, 0.1) is 13.2 Å². The molecule has 31 heavy (non-hydrogen) atoms. The molecule has 3 rings (SSSR count). The van der Waals surface area contributed by atoms with Crippen LogP contribution in [0.2, 0.25) is 0 Å². The summed E-state index contributed by atoms with van der Waals surface area (Å²) < 4.78 is 35.2. The van der Waals surface area contributed by atoms with Gasteiger partial charge in [-0.05, 0) is 68.7 Å². The summed E-state index contributed by atoms with van der Waals surface area (Å²) in [6.45, 7) is 1.32. The molecule has 1 amide bonds. The number of carbonyl (C=O) groups is 2. The summed E-state index contributed by atoms with van der Waals surface area (Å²) in [5.74, 6) is 0.0516. The number of amides is 1. The van der Waals surface area contributed by atoms with Gasteiger partial charge >= 0.3 is 6.61 Å². The van der Waals surface area contributed by atoms with Crippen molar-refractivity contribution in [3.8, 4) is 11.5 Å². The molecule has 2 aromatic rings. The Morgan fingerprint density at radius 1 is 1.13 bits per heavy atom. The van der Waals surface area contributed by atoms with Gasteiger partial charge in [0.1, 0.15) is 0 Å². The van der Waals surface area contributed by atoms with Gasteiger partial charge in [0.2, 0.25) is 5.91 Å². The van der Waals surface area contributed by atoms with E-state index in [0.717, 1.165) is 18.4 Å². The number of rotatable bonds is 11. The van der Waals surface area contributed by atoms with Crippen molar-refractivity contribution in [2.45, 2.75) is 45.9 Å². The smallest absolute Gasteiger partial charge is 0.387 e. The molecule has 0 aromatic heterocycles. The molecule has 6 nitrogen and oxygen atoms in total. The number of hydrogen-bond acceptors (Lipinski definition) is 5. The van der Waals surface area contributed by atoms with Crippen molar-refractivity contribution >= 4 is 17.4 Å². The molecule has 0 radical (unpaired) electrons. The molecule has 8 heteroatoms. The van der Waals surface area contributed by atoms with Crippen LogP contribution < -0.4 is 14.8 Å². The van der Waals surface area contributed by atoms with Crippen LogP contribution in [0, 0.1) is 0 Å². The number of benzene rings is 2. The van der Waals surface area contributed by atoms with Crippen LogP contribution in [-0.4, -0.2) is 42.4 Å². The Bertz CT molecular complexity index is 914. The molecule has 0 unspecified atom stereocenters. The monoisotopic (exact) mass is 432 g/mol. The molecule has 2 aromatic carbocycles. The van der Waals surface area contributed by atoms with Crippen molar-refractivity contribution in [2.24, 2.45) is 0 Å². The van der Waals surface area contributed by atoms with E-state index in [9.17, 15) is 18.4 Å². The zero-order valence-corrected chi connectivity index (χ0v) is 17.6. The van der Waals surface area contributed by atoms with E-state index in [-0.39, 0.29) is 29.7 Å². The van der Waals surface area contributed by atoms with Crippen LogP contribution in [0.5, 0.6) is 11.5 Å². The van der Waals surface area contributed by atoms with Crippen molar-refractivity contribution in [3.05, 3.63) is 53.6 Å². The lowest BCUT2D eigenvalue weighted by atomic mass is 10.1. The SMILES string of the molecule is CCOc1cc(CN(CC(=O)Nc2ccc(C(C)=O)cc2)C2CC2)ccc1OC(F)F. The van der Waals surface area contributed by atoms with Gasteiger partial charge in [0, 0.05) is 23.8 Å².